The van der Waals surface area contributed by atoms with Gasteiger partial charge in [0.25, 0.3) is 0 Å². The second kappa shape index (κ2) is 9.86. The molecule has 0 spiro atoms. The third kappa shape index (κ3) is 5.01. The Hall–Kier alpha value is -1.16. The third-order valence-corrected chi connectivity index (χ3v) is 7.56. The van der Waals surface area contributed by atoms with Gasteiger partial charge in [0, 0.05) is 11.5 Å². The Morgan fingerprint density at radius 3 is 1.56 bits per heavy atom. The van der Waals surface area contributed by atoms with Crippen LogP contribution in [0.2, 0.25) is 0 Å². The highest BCUT2D eigenvalue weighted by Crippen LogP contribution is 2.32. The predicted octanol–water partition coefficient (Wildman–Crippen LogP) is 3.94. The lowest BCUT2D eigenvalue weighted by molar-refractivity contribution is 0.307. The minimum Gasteiger partial charge on any atom is -0.217 e. The summed E-state index contributed by atoms with van der Waals surface area (Å²) in [6, 6.07) is 0.983. The van der Waals surface area contributed by atoms with Crippen molar-refractivity contribution < 1.29 is 0 Å². The lowest BCUT2D eigenvalue weighted by Crippen LogP contribution is -2.15. The van der Waals surface area contributed by atoms with Crippen molar-refractivity contribution in [3.63, 3.8) is 0 Å². The zero-order chi connectivity index (χ0) is 18.3. The van der Waals surface area contributed by atoms with E-state index >= 15 is 0 Å². The fourth-order valence-corrected chi connectivity index (χ4v) is 6.01. The van der Waals surface area contributed by atoms with Gasteiger partial charge in [0.15, 0.2) is 0 Å². The van der Waals surface area contributed by atoms with Gasteiger partial charge >= 0.3 is 0 Å². The Morgan fingerprint density at radius 2 is 1.11 bits per heavy atom. The van der Waals surface area contributed by atoms with Crippen LogP contribution < -0.4 is 0 Å². The van der Waals surface area contributed by atoms with Crippen molar-refractivity contribution in [2.75, 3.05) is 11.5 Å². The van der Waals surface area contributed by atoms with E-state index in [1.54, 1.807) is 23.5 Å². The summed E-state index contributed by atoms with van der Waals surface area (Å²) in [7, 11) is 0. The highest BCUT2D eigenvalue weighted by molar-refractivity contribution is 8.00. The molecule has 2 heterocycles. The van der Waals surface area contributed by atoms with E-state index < -0.39 is 0 Å². The summed E-state index contributed by atoms with van der Waals surface area (Å²) in [6.45, 7) is 0. The van der Waals surface area contributed by atoms with Gasteiger partial charge in [-0.15, -0.1) is 10.2 Å². The van der Waals surface area contributed by atoms with E-state index in [0.29, 0.717) is 12.1 Å². The maximum Gasteiger partial charge on any atom is 0.209 e. The molecule has 0 atom stereocenters. The molecule has 0 amide bonds. The van der Waals surface area contributed by atoms with E-state index in [2.05, 4.69) is 40.4 Å². The van der Waals surface area contributed by atoms with Gasteiger partial charge in [-0.1, -0.05) is 62.0 Å². The number of hydrogen-bond donors (Lipinski definition) is 0. The van der Waals surface area contributed by atoms with E-state index in [0.717, 1.165) is 28.2 Å². The molecular weight excluding hydrogens is 380 g/mol. The SMILES string of the molecule is C1CCC(n2nnnc2SCCCSc2nnnn2C2CCCCC2)CC1. The van der Waals surface area contributed by atoms with E-state index in [9.17, 15) is 0 Å². The summed E-state index contributed by atoms with van der Waals surface area (Å²) >= 11 is 3.54. The molecule has 0 aromatic carbocycles. The van der Waals surface area contributed by atoms with Crippen LogP contribution in [0.4, 0.5) is 0 Å². The topological polar surface area (TPSA) is 87.2 Å². The summed E-state index contributed by atoms with van der Waals surface area (Å²) in [5.41, 5.74) is 0. The quantitative estimate of drug-likeness (QED) is 0.479. The highest BCUT2D eigenvalue weighted by atomic mass is 32.2. The van der Waals surface area contributed by atoms with Gasteiger partial charge in [0.05, 0.1) is 12.1 Å². The molecule has 4 rings (SSSR count). The standard InChI is InChI=1S/C17H28N8S2/c1-3-8-14(9-4-1)24-16(18-20-22-24)26-12-7-13-27-17-19-21-23-25(17)15-10-5-2-6-11-15/h14-15H,1-13H2. The fourth-order valence-electron chi connectivity index (χ4n) is 4.06. The first-order valence-electron chi connectivity index (χ1n) is 10.2. The minimum absolute atomic E-state index is 0.491. The van der Waals surface area contributed by atoms with Crippen molar-refractivity contribution in [3.05, 3.63) is 0 Å². The Kier molecular flexibility index (Phi) is 7.00. The molecular formula is C17H28N8S2. The molecule has 27 heavy (non-hydrogen) atoms. The lowest BCUT2D eigenvalue weighted by atomic mass is 9.96. The van der Waals surface area contributed by atoms with Crippen molar-refractivity contribution in [2.24, 2.45) is 0 Å². The van der Waals surface area contributed by atoms with Crippen molar-refractivity contribution in [2.45, 2.75) is 93.0 Å². The van der Waals surface area contributed by atoms with Gasteiger partial charge in [-0.3, -0.25) is 0 Å². The summed E-state index contributed by atoms with van der Waals surface area (Å²) in [6.07, 6.45) is 13.8. The van der Waals surface area contributed by atoms with Crippen LogP contribution >= 0.6 is 23.5 Å². The zero-order valence-corrected chi connectivity index (χ0v) is 17.4. The van der Waals surface area contributed by atoms with Gasteiger partial charge in [-0.25, -0.2) is 9.36 Å². The van der Waals surface area contributed by atoms with E-state index in [1.165, 1.54) is 64.2 Å². The molecule has 0 saturated heterocycles. The normalized spacial score (nSPS) is 19.6. The van der Waals surface area contributed by atoms with Gasteiger partial charge in [0.1, 0.15) is 0 Å². The maximum absolute atomic E-state index is 4.24. The van der Waals surface area contributed by atoms with Crippen LogP contribution in [-0.2, 0) is 0 Å². The number of thioether (sulfide) groups is 2. The summed E-state index contributed by atoms with van der Waals surface area (Å²) < 4.78 is 4.11. The van der Waals surface area contributed by atoms with Crippen molar-refractivity contribution in [1.29, 1.82) is 0 Å². The molecule has 0 aliphatic heterocycles. The summed E-state index contributed by atoms with van der Waals surface area (Å²) in [4.78, 5) is 0. The second-order valence-corrected chi connectivity index (χ2v) is 9.57. The smallest absolute Gasteiger partial charge is 0.209 e. The lowest BCUT2D eigenvalue weighted by Gasteiger charge is -2.22. The largest absolute Gasteiger partial charge is 0.217 e. The molecule has 0 radical (unpaired) electrons. The molecule has 2 aromatic heterocycles. The second-order valence-electron chi connectivity index (χ2n) is 7.45. The van der Waals surface area contributed by atoms with Crippen LogP contribution in [0.5, 0.6) is 0 Å². The minimum atomic E-state index is 0.491. The van der Waals surface area contributed by atoms with Gasteiger partial charge in [-0.2, -0.15) is 0 Å². The van der Waals surface area contributed by atoms with Crippen molar-refractivity contribution in [3.8, 4) is 0 Å². The first-order valence-corrected chi connectivity index (χ1v) is 12.2. The Bertz CT molecular complexity index is 632. The highest BCUT2D eigenvalue weighted by Gasteiger charge is 2.21. The number of tetrazole rings is 2. The molecule has 8 nitrogen and oxygen atoms in total. The predicted molar refractivity (Wildman–Crippen MR) is 106 cm³/mol. The monoisotopic (exact) mass is 408 g/mol. The van der Waals surface area contributed by atoms with Crippen LogP contribution in [0.3, 0.4) is 0 Å². The Morgan fingerprint density at radius 1 is 0.667 bits per heavy atom. The molecule has 0 bridgehead atoms. The van der Waals surface area contributed by atoms with Gasteiger partial charge < -0.3 is 0 Å². The van der Waals surface area contributed by atoms with E-state index in [1.807, 2.05) is 0 Å². The van der Waals surface area contributed by atoms with E-state index in [-0.39, 0.29) is 0 Å². The van der Waals surface area contributed by atoms with E-state index in [4.69, 9.17) is 0 Å². The average molecular weight is 409 g/mol. The maximum atomic E-state index is 4.24. The number of nitrogens with zero attached hydrogens (tertiary/aromatic N) is 8. The third-order valence-electron chi connectivity index (χ3n) is 5.52. The van der Waals surface area contributed by atoms with Crippen LogP contribution in [0.15, 0.2) is 10.3 Å². The molecule has 148 valence electrons. The molecule has 2 aromatic rings. The molecule has 2 aliphatic carbocycles. The molecule has 10 heteroatoms. The first-order chi connectivity index (χ1) is 13.4. The number of aromatic nitrogens is 8. The van der Waals surface area contributed by atoms with Crippen molar-refractivity contribution in [1.82, 2.24) is 40.4 Å². The molecule has 2 fully saturated rings. The van der Waals surface area contributed by atoms with Gasteiger partial charge in [-0.05, 0) is 53.0 Å². The summed E-state index contributed by atoms with van der Waals surface area (Å²) in [5, 5.41) is 26.7. The Balaban J connectivity index is 1.21. The van der Waals surface area contributed by atoms with Crippen LogP contribution in [0.25, 0.3) is 0 Å². The van der Waals surface area contributed by atoms with Crippen LogP contribution in [0, 0.1) is 0 Å². The van der Waals surface area contributed by atoms with Crippen LogP contribution in [-0.4, -0.2) is 51.9 Å². The summed E-state index contributed by atoms with van der Waals surface area (Å²) in [5.74, 6) is 2.04. The molecule has 2 saturated carbocycles. The zero-order valence-electron chi connectivity index (χ0n) is 15.7. The molecule has 0 N–H and O–H groups in total. The molecule has 2 aliphatic rings. The molecule has 0 unspecified atom stereocenters. The average Bonchev–Trinajstić information content (AvgIpc) is 3.38. The fraction of sp³-hybridized carbons (Fsp3) is 0.882. The number of hydrogen-bond acceptors (Lipinski definition) is 8. The number of rotatable bonds is 8. The van der Waals surface area contributed by atoms with Crippen LogP contribution in [0.1, 0.15) is 82.7 Å². The first kappa shape index (κ1) is 19.2. The Labute approximate surface area is 168 Å². The van der Waals surface area contributed by atoms with Crippen molar-refractivity contribution >= 4 is 23.5 Å². The van der Waals surface area contributed by atoms with Gasteiger partial charge in [0.2, 0.25) is 10.3 Å².